The number of halogens is 3. The van der Waals surface area contributed by atoms with Crippen molar-refractivity contribution in [2.24, 2.45) is 5.92 Å². The lowest BCUT2D eigenvalue weighted by atomic mass is 9.78. The third kappa shape index (κ3) is 4.01. The van der Waals surface area contributed by atoms with Crippen molar-refractivity contribution in [2.45, 2.75) is 63.0 Å². The molecule has 8 heteroatoms. The van der Waals surface area contributed by atoms with Crippen molar-refractivity contribution >= 4 is 0 Å². The number of aromatic nitrogens is 3. The van der Waals surface area contributed by atoms with E-state index in [-0.39, 0.29) is 12.1 Å². The fourth-order valence-corrected chi connectivity index (χ4v) is 3.91. The van der Waals surface area contributed by atoms with Crippen LogP contribution in [-0.2, 0) is 18.3 Å². The summed E-state index contributed by atoms with van der Waals surface area (Å²) in [7, 11) is 0. The number of hydrogen-bond acceptors (Lipinski definition) is 4. The van der Waals surface area contributed by atoms with Crippen molar-refractivity contribution in [1.82, 2.24) is 20.3 Å². The summed E-state index contributed by atoms with van der Waals surface area (Å²) in [5.41, 5.74) is -0.664. The van der Waals surface area contributed by atoms with Crippen molar-refractivity contribution in [1.29, 1.82) is 0 Å². The first kappa shape index (κ1) is 18.4. The summed E-state index contributed by atoms with van der Waals surface area (Å²) in [6, 6.07) is 4.60. The van der Waals surface area contributed by atoms with Crippen LogP contribution in [0.1, 0.15) is 55.5 Å². The second kappa shape index (κ2) is 6.60. The highest BCUT2D eigenvalue weighted by atomic mass is 19.4. The first-order valence-corrected chi connectivity index (χ1v) is 9.29. The van der Waals surface area contributed by atoms with Crippen LogP contribution in [0.2, 0.25) is 0 Å². The lowest BCUT2D eigenvalue weighted by Gasteiger charge is -2.40. The van der Waals surface area contributed by atoms with Gasteiger partial charge in [-0.05, 0) is 49.8 Å². The molecule has 2 fully saturated rings. The molecular weight excluding hydrogens is 357 g/mol. The van der Waals surface area contributed by atoms with E-state index in [1.807, 2.05) is 17.8 Å². The number of nitrogens with zero attached hydrogens (tertiary/aromatic N) is 3. The first-order chi connectivity index (χ1) is 12.7. The minimum Gasteiger partial charge on any atom is -0.385 e. The molecule has 2 aromatic rings. The van der Waals surface area contributed by atoms with Gasteiger partial charge in [0.15, 0.2) is 0 Å². The van der Waals surface area contributed by atoms with Gasteiger partial charge in [-0.25, -0.2) is 0 Å². The Morgan fingerprint density at radius 2 is 1.93 bits per heavy atom. The van der Waals surface area contributed by atoms with Crippen molar-refractivity contribution < 1.29 is 18.3 Å². The number of aliphatic hydroxyl groups is 1. The van der Waals surface area contributed by atoms with Crippen molar-refractivity contribution in [2.75, 3.05) is 0 Å². The molecule has 0 radical (unpaired) electrons. The van der Waals surface area contributed by atoms with Crippen molar-refractivity contribution in [3.8, 4) is 0 Å². The molecule has 1 saturated heterocycles. The van der Waals surface area contributed by atoms with Crippen LogP contribution in [0, 0.1) is 5.92 Å². The van der Waals surface area contributed by atoms with Gasteiger partial charge in [0.1, 0.15) is 0 Å². The molecule has 146 valence electrons. The SMILES string of the molecule is C[C@H]1CC(O)(c2ccc(C(F)(F)F)cc2)C[C@@H](c2cn(CC3CC3)nn2)N1. The Morgan fingerprint density at radius 1 is 1.22 bits per heavy atom. The van der Waals surface area contributed by atoms with Gasteiger partial charge in [-0.2, -0.15) is 13.2 Å². The van der Waals surface area contributed by atoms with E-state index in [2.05, 4.69) is 15.6 Å². The summed E-state index contributed by atoms with van der Waals surface area (Å²) >= 11 is 0. The zero-order valence-corrected chi connectivity index (χ0v) is 15.1. The van der Waals surface area contributed by atoms with Gasteiger partial charge in [-0.3, -0.25) is 4.68 Å². The summed E-state index contributed by atoms with van der Waals surface area (Å²) in [6.07, 6.45) is 0.728. The van der Waals surface area contributed by atoms with Crippen LogP contribution in [0.3, 0.4) is 0 Å². The Kier molecular flexibility index (Phi) is 4.50. The van der Waals surface area contributed by atoms with E-state index in [1.165, 1.54) is 25.0 Å². The molecule has 0 bridgehead atoms. The molecule has 2 N–H and O–H groups in total. The molecular formula is C19H23F3N4O. The van der Waals surface area contributed by atoms with Gasteiger partial charge in [0, 0.05) is 19.0 Å². The maximum absolute atomic E-state index is 12.8. The van der Waals surface area contributed by atoms with Gasteiger partial charge in [0.2, 0.25) is 0 Å². The van der Waals surface area contributed by atoms with Crippen LogP contribution in [-0.4, -0.2) is 26.1 Å². The summed E-state index contributed by atoms with van der Waals surface area (Å²) in [4.78, 5) is 0. The number of nitrogens with one attached hydrogen (secondary N) is 1. The molecule has 1 saturated carbocycles. The van der Waals surface area contributed by atoms with E-state index < -0.39 is 17.3 Å². The van der Waals surface area contributed by atoms with E-state index in [9.17, 15) is 18.3 Å². The van der Waals surface area contributed by atoms with Crippen molar-refractivity contribution in [3.05, 3.63) is 47.3 Å². The molecule has 4 rings (SSSR count). The highest BCUT2D eigenvalue weighted by Gasteiger charge is 2.41. The molecule has 0 amide bonds. The lowest BCUT2D eigenvalue weighted by Crippen LogP contribution is -2.47. The van der Waals surface area contributed by atoms with Crippen LogP contribution in [0.5, 0.6) is 0 Å². The third-order valence-electron chi connectivity index (χ3n) is 5.48. The highest BCUT2D eigenvalue weighted by Crippen LogP contribution is 2.40. The van der Waals surface area contributed by atoms with Gasteiger partial charge < -0.3 is 10.4 Å². The number of piperidine rings is 1. The van der Waals surface area contributed by atoms with Crippen LogP contribution in [0.25, 0.3) is 0 Å². The van der Waals surface area contributed by atoms with E-state index in [1.54, 1.807) is 0 Å². The normalized spacial score (nSPS) is 29.1. The molecule has 3 atom stereocenters. The van der Waals surface area contributed by atoms with Gasteiger partial charge >= 0.3 is 6.18 Å². The maximum Gasteiger partial charge on any atom is 0.416 e. The fraction of sp³-hybridized carbons (Fsp3) is 0.579. The molecule has 1 aromatic carbocycles. The zero-order valence-electron chi connectivity index (χ0n) is 15.1. The summed E-state index contributed by atoms with van der Waals surface area (Å²) in [5.74, 6) is 0.682. The Labute approximate surface area is 155 Å². The largest absolute Gasteiger partial charge is 0.416 e. The zero-order chi connectivity index (χ0) is 19.2. The van der Waals surface area contributed by atoms with Crippen LogP contribution >= 0.6 is 0 Å². The topological polar surface area (TPSA) is 63.0 Å². The second-order valence-electron chi connectivity index (χ2n) is 7.94. The summed E-state index contributed by atoms with van der Waals surface area (Å²) < 4.78 is 40.3. The molecule has 5 nitrogen and oxygen atoms in total. The minimum atomic E-state index is -4.38. The number of benzene rings is 1. The molecule has 0 spiro atoms. The number of rotatable bonds is 4. The van der Waals surface area contributed by atoms with Gasteiger partial charge in [-0.1, -0.05) is 17.3 Å². The second-order valence-corrected chi connectivity index (χ2v) is 7.94. The Morgan fingerprint density at radius 3 is 2.56 bits per heavy atom. The fourth-order valence-electron chi connectivity index (χ4n) is 3.91. The maximum atomic E-state index is 12.8. The standard InChI is InChI=1S/C19H23F3N4O/c1-12-8-18(27,14-4-6-15(7-5-14)19(20,21)22)9-16(23-12)17-11-26(25-24-17)10-13-2-3-13/h4-7,11-13,16,23,27H,2-3,8-10H2,1H3/t12-,16-,18?/m0/s1. The highest BCUT2D eigenvalue weighted by molar-refractivity contribution is 5.30. The summed E-state index contributed by atoms with van der Waals surface area (Å²) in [6.45, 7) is 2.81. The molecule has 2 aliphatic rings. The minimum absolute atomic E-state index is 0.00961. The van der Waals surface area contributed by atoms with E-state index >= 15 is 0 Å². The van der Waals surface area contributed by atoms with E-state index in [4.69, 9.17) is 0 Å². The van der Waals surface area contributed by atoms with Gasteiger partial charge in [-0.15, -0.1) is 5.10 Å². The molecule has 1 unspecified atom stereocenters. The lowest BCUT2D eigenvalue weighted by molar-refractivity contribution is -0.137. The van der Waals surface area contributed by atoms with Crippen LogP contribution < -0.4 is 5.32 Å². The molecule has 1 aliphatic heterocycles. The number of alkyl halides is 3. The molecule has 1 aromatic heterocycles. The Balaban J connectivity index is 1.54. The van der Waals surface area contributed by atoms with E-state index in [0.29, 0.717) is 24.3 Å². The van der Waals surface area contributed by atoms with Gasteiger partial charge in [0.05, 0.1) is 29.1 Å². The predicted octanol–water partition coefficient (Wildman–Crippen LogP) is 3.41. The Hall–Kier alpha value is -1.93. The predicted molar refractivity (Wildman–Crippen MR) is 92.7 cm³/mol. The average Bonchev–Trinajstić information content (AvgIpc) is 3.28. The number of hydrogen-bond donors (Lipinski definition) is 2. The third-order valence-corrected chi connectivity index (χ3v) is 5.48. The van der Waals surface area contributed by atoms with Crippen LogP contribution in [0.15, 0.2) is 30.5 Å². The van der Waals surface area contributed by atoms with E-state index in [0.717, 1.165) is 24.4 Å². The molecule has 1 aliphatic carbocycles. The smallest absolute Gasteiger partial charge is 0.385 e. The van der Waals surface area contributed by atoms with Crippen molar-refractivity contribution in [3.63, 3.8) is 0 Å². The van der Waals surface area contributed by atoms with Gasteiger partial charge in [0.25, 0.3) is 0 Å². The van der Waals surface area contributed by atoms with Crippen LogP contribution in [0.4, 0.5) is 13.2 Å². The first-order valence-electron chi connectivity index (χ1n) is 9.29. The monoisotopic (exact) mass is 380 g/mol. The molecule has 2 heterocycles. The Bertz CT molecular complexity index is 800. The summed E-state index contributed by atoms with van der Waals surface area (Å²) in [5, 5.41) is 23.1. The average molecular weight is 380 g/mol. The quantitative estimate of drug-likeness (QED) is 0.853. The molecule has 27 heavy (non-hydrogen) atoms.